The molecule has 0 unspecified atom stereocenters. The molecular weight excluding hydrogens is 538 g/mol. The van der Waals surface area contributed by atoms with Gasteiger partial charge < -0.3 is 14.2 Å². The van der Waals surface area contributed by atoms with Gasteiger partial charge in [0.1, 0.15) is 11.3 Å². The summed E-state index contributed by atoms with van der Waals surface area (Å²) >= 11 is 4.35. The quantitative estimate of drug-likeness (QED) is 0.245. The molecule has 0 amide bonds. The summed E-state index contributed by atoms with van der Waals surface area (Å²) < 4.78 is 18.3. The van der Waals surface area contributed by atoms with Crippen molar-refractivity contribution in [1.29, 1.82) is 0 Å². The first-order chi connectivity index (χ1) is 11.4. The maximum absolute atomic E-state index is 12.3. The van der Waals surface area contributed by atoms with E-state index in [-0.39, 0.29) is 5.57 Å². The molecule has 0 aromatic heterocycles. The lowest BCUT2D eigenvalue weighted by molar-refractivity contribution is -0.232. The van der Waals surface area contributed by atoms with E-state index in [1.807, 2.05) is 19.1 Å². The standard InChI is InChI=1S/C17H16I2O5/c1-2-22-14-12(18)8-10(9-13(14)19)7-11-15(20)23-17(24-16(11)21)5-3-4-6-17/h7-9H,2-6H2,1H3. The van der Waals surface area contributed by atoms with Crippen LogP contribution >= 0.6 is 45.2 Å². The zero-order valence-electron chi connectivity index (χ0n) is 13.1. The van der Waals surface area contributed by atoms with Gasteiger partial charge >= 0.3 is 11.9 Å². The van der Waals surface area contributed by atoms with Gasteiger partial charge in [-0.1, -0.05) is 0 Å². The predicted molar refractivity (Wildman–Crippen MR) is 104 cm³/mol. The highest BCUT2D eigenvalue weighted by molar-refractivity contribution is 14.1. The van der Waals surface area contributed by atoms with Crippen LogP contribution in [0.3, 0.4) is 0 Å². The smallest absolute Gasteiger partial charge is 0.348 e. The number of hydrogen-bond acceptors (Lipinski definition) is 5. The summed E-state index contributed by atoms with van der Waals surface area (Å²) in [6, 6.07) is 3.72. The van der Waals surface area contributed by atoms with E-state index in [2.05, 4.69) is 45.2 Å². The average Bonchev–Trinajstić information content (AvgIpc) is 2.94. The van der Waals surface area contributed by atoms with E-state index < -0.39 is 17.7 Å². The van der Waals surface area contributed by atoms with Gasteiger partial charge in [-0.2, -0.15) is 0 Å². The molecule has 1 saturated carbocycles. The van der Waals surface area contributed by atoms with Crippen molar-refractivity contribution >= 4 is 63.2 Å². The minimum absolute atomic E-state index is 0.0664. The molecule has 0 bridgehead atoms. The van der Waals surface area contributed by atoms with E-state index in [0.29, 0.717) is 19.4 Å². The maximum atomic E-state index is 12.3. The van der Waals surface area contributed by atoms with E-state index in [0.717, 1.165) is 31.3 Å². The number of esters is 2. The lowest BCUT2D eigenvalue weighted by atomic mass is 10.1. The molecule has 0 atom stereocenters. The van der Waals surface area contributed by atoms with Crippen molar-refractivity contribution in [3.05, 3.63) is 30.4 Å². The van der Waals surface area contributed by atoms with Crippen LogP contribution in [0.4, 0.5) is 0 Å². The highest BCUT2D eigenvalue weighted by Gasteiger charge is 2.47. The van der Waals surface area contributed by atoms with Crippen LogP contribution in [-0.4, -0.2) is 24.3 Å². The molecule has 2 fully saturated rings. The molecule has 128 valence electrons. The van der Waals surface area contributed by atoms with Gasteiger partial charge in [0.2, 0.25) is 0 Å². The second-order valence-corrected chi connectivity index (χ2v) is 8.03. The third-order valence-corrected chi connectivity index (χ3v) is 5.59. The Morgan fingerprint density at radius 2 is 1.67 bits per heavy atom. The van der Waals surface area contributed by atoms with Gasteiger partial charge in [-0.05, 0) is 88.7 Å². The van der Waals surface area contributed by atoms with Gasteiger partial charge in [0.05, 0.1) is 13.7 Å². The van der Waals surface area contributed by atoms with Crippen LogP contribution in [0, 0.1) is 7.14 Å². The van der Waals surface area contributed by atoms with Crippen molar-refractivity contribution in [2.75, 3.05) is 6.61 Å². The van der Waals surface area contributed by atoms with Crippen LogP contribution < -0.4 is 4.74 Å². The number of benzene rings is 1. The van der Waals surface area contributed by atoms with Crippen LogP contribution in [-0.2, 0) is 19.1 Å². The topological polar surface area (TPSA) is 61.8 Å². The molecule has 5 nitrogen and oxygen atoms in total. The molecule has 1 aromatic carbocycles. The van der Waals surface area contributed by atoms with Gasteiger partial charge in [0, 0.05) is 12.8 Å². The number of rotatable bonds is 3. The van der Waals surface area contributed by atoms with E-state index in [4.69, 9.17) is 14.2 Å². The van der Waals surface area contributed by atoms with Crippen LogP contribution in [0.25, 0.3) is 6.08 Å². The Morgan fingerprint density at radius 3 is 2.17 bits per heavy atom. The van der Waals surface area contributed by atoms with Crippen molar-refractivity contribution in [2.45, 2.75) is 38.4 Å². The number of carbonyl (C=O) groups is 2. The van der Waals surface area contributed by atoms with E-state index in [1.165, 1.54) is 6.08 Å². The monoisotopic (exact) mass is 554 g/mol. The van der Waals surface area contributed by atoms with Crippen molar-refractivity contribution in [3.63, 3.8) is 0 Å². The van der Waals surface area contributed by atoms with Gasteiger partial charge in [0.25, 0.3) is 5.79 Å². The lowest BCUT2D eigenvalue weighted by Crippen LogP contribution is -2.44. The summed E-state index contributed by atoms with van der Waals surface area (Å²) in [6.07, 6.45) is 4.48. The second kappa shape index (κ2) is 7.19. The molecule has 1 aromatic rings. The molecule has 1 saturated heterocycles. The molecule has 2 aliphatic rings. The van der Waals surface area contributed by atoms with Gasteiger partial charge in [-0.25, -0.2) is 9.59 Å². The molecule has 1 spiro atoms. The molecular formula is C17H16I2O5. The number of carbonyl (C=O) groups excluding carboxylic acids is 2. The Labute approximate surface area is 167 Å². The zero-order valence-corrected chi connectivity index (χ0v) is 17.4. The van der Waals surface area contributed by atoms with Crippen molar-refractivity contribution in [1.82, 2.24) is 0 Å². The molecule has 1 aliphatic heterocycles. The van der Waals surface area contributed by atoms with Crippen molar-refractivity contribution in [2.24, 2.45) is 0 Å². The molecule has 0 radical (unpaired) electrons. The molecule has 24 heavy (non-hydrogen) atoms. The Bertz CT molecular complexity index is 675. The van der Waals surface area contributed by atoms with Crippen LogP contribution in [0.1, 0.15) is 38.2 Å². The third-order valence-electron chi connectivity index (χ3n) is 3.98. The summed E-state index contributed by atoms with van der Waals surface area (Å²) in [7, 11) is 0. The predicted octanol–water partition coefficient (Wildman–Crippen LogP) is 4.05. The fraction of sp³-hybridized carbons (Fsp3) is 0.412. The van der Waals surface area contributed by atoms with E-state index >= 15 is 0 Å². The van der Waals surface area contributed by atoms with Gasteiger partial charge in [-0.3, -0.25) is 0 Å². The van der Waals surface area contributed by atoms with Crippen molar-refractivity contribution < 1.29 is 23.8 Å². The first-order valence-electron chi connectivity index (χ1n) is 7.74. The number of hydrogen-bond donors (Lipinski definition) is 0. The van der Waals surface area contributed by atoms with Crippen LogP contribution in [0.5, 0.6) is 5.75 Å². The summed E-state index contributed by atoms with van der Waals surface area (Å²) in [4.78, 5) is 24.6. The molecule has 3 rings (SSSR count). The SMILES string of the molecule is CCOc1c(I)cc(C=C2C(=O)OC3(CCCC3)OC2=O)cc1I. The number of halogens is 2. The minimum atomic E-state index is -1.03. The summed E-state index contributed by atoms with van der Waals surface area (Å²) in [5, 5.41) is 0. The average molecular weight is 554 g/mol. The highest BCUT2D eigenvalue weighted by atomic mass is 127. The van der Waals surface area contributed by atoms with E-state index in [9.17, 15) is 9.59 Å². The Balaban J connectivity index is 1.89. The third kappa shape index (κ3) is 3.56. The van der Waals surface area contributed by atoms with Crippen molar-refractivity contribution in [3.8, 4) is 5.75 Å². The lowest BCUT2D eigenvalue weighted by Gasteiger charge is -2.32. The maximum Gasteiger partial charge on any atom is 0.348 e. The molecule has 7 heteroatoms. The fourth-order valence-corrected chi connectivity index (χ4v) is 5.03. The molecule has 1 aliphatic carbocycles. The fourth-order valence-electron chi connectivity index (χ4n) is 2.90. The summed E-state index contributed by atoms with van der Waals surface area (Å²) in [6.45, 7) is 2.50. The first-order valence-corrected chi connectivity index (χ1v) is 9.90. The zero-order chi connectivity index (χ0) is 17.3. The Hall–Kier alpha value is -0.840. The normalized spacial score (nSPS) is 19.2. The molecule has 1 heterocycles. The Kier molecular flexibility index (Phi) is 5.38. The number of ether oxygens (including phenoxy) is 3. The largest absolute Gasteiger partial charge is 0.492 e. The van der Waals surface area contributed by atoms with Gasteiger partial charge in [0.15, 0.2) is 0 Å². The second-order valence-electron chi connectivity index (χ2n) is 5.70. The Morgan fingerprint density at radius 1 is 1.12 bits per heavy atom. The summed E-state index contributed by atoms with van der Waals surface area (Å²) in [5.41, 5.74) is 0.668. The summed E-state index contributed by atoms with van der Waals surface area (Å²) in [5.74, 6) is -1.44. The van der Waals surface area contributed by atoms with Crippen LogP contribution in [0.2, 0.25) is 0 Å². The molecule has 0 N–H and O–H groups in total. The minimum Gasteiger partial charge on any atom is -0.492 e. The first kappa shape index (κ1) is 18.0. The van der Waals surface area contributed by atoms with E-state index in [1.54, 1.807) is 0 Å². The van der Waals surface area contributed by atoms with Gasteiger partial charge in [-0.15, -0.1) is 0 Å². The highest BCUT2D eigenvalue weighted by Crippen LogP contribution is 2.39. The van der Waals surface area contributed by atoms with Crippen LogP contribution in [0.15, 0.2) is 17.7 Å².